The van der Waals surface area contributed by atoms with E-state index in [1.165, 1.54) is 11.3 Å². The molecule has 1 aliphatic rings. The van der Waals surface area contributed by atoms with Crippen LogP contribution in [0.5, 0.6) is 0 Å². The second-order valence-corrected chi connectivity index (χ2v) is 7.08. The first kappa shape index (κ1) is 14.6. The first-order valence-electron chi connectivity index (χ1n) is 7.36. The quantitative estimate of drug-likeness (QED) is 0.941. The lowest BCUT2D eigenvalue weighted by atomic mass is 9.84. The summed E-state index contributed by atoms with van der Waals surface area (Å²) in [5.41, 5.74) is 0.960. The molecule has 0 bridgehead atoms. The van der Waals surface area contributed by atoms with Gasteiger partial charge in [-0.05, 0) is 19.4 Å². The van der Waals surface area contributed by atoms with E-state index in [1.54, 1.807) is 0 Å². The summed E-state index contributed by atoms with van der Waals surface area (Å²) in [6.45, 7) is 5.32. The standard InChI is InChI=1S/C16H21N3OS/c1-16(2,12-6-4-3-5-7-12)15-18-14(20-19-15)10-13-11-21-9-8-17-13/h3-7,13,17H,8-11H2,1-2H3. The fourth-order valence-electron chi connectivity index (χ4n) is 2.54. The van der Waals surface area contributed by atoms with Gasteiger partial charge in [0.05, 0.1) is 5.41 Å². The minimum atomic E-state index is -0.238. The predicted molar refractivity (Wildman–Crippen MR) is 85.7 cm³/mol. The van der Waals surface area contributed by atoms with Crippen LogP contribution in [0.1, 0.15) is 31.1 Å². The van der Waals surface area contributed by atoms with Crippen LogP contribution in [0.3, 0.4) is 0 Å². The molecule has 4 nitrogen and oxygen atoms in total. The van der Waals surface area contributed by atoms with E-state index in [0.29, 0.717) is 6.04 Å². The number of thioether (sulfide) groups is 1. The largest absolute Gasteiger partial charge is 0.339 e. The molecule has 1 aromatic carbocycles. The van der Waals surface area contributed by atoms with Crippen LogP contribution >= 0.6 is 11.8 Å². The summed E-state index contributed by atoms with van der Waals surface area (Å²) in [5.74, 6) is 3.79. The third-order valence-electron chi connectivity index (χ3n) is 3.94. The van der Waals surface area contributed by atoms with E-state index < -0.39 is 0 Å². The van der Waals surface area contributed by atoms with Crippen molar-refractivity contribution in [1.82, 2.24) is 15.5 Å². The second-order valence-electron chi connectivity index (χ2n) is 5.93. The van der Waals surface area contributed by atoms with Gasteiger partial charge in [0.25, 0.3) is 0 Å². The minimum absolute atomic E-state index is 0.238. The number of aromatic nitrogens is 2. The molecule has 21 heavy (non-hydrogen) atoms. The maximum absolute atomic E-state index is 5.46. The lowest BCUT2D eigenvalue weighted by Crippen LogP contribution is -2.39. The second kappa shape index (κ2) is 6.20. The van der Waals surface area contributed by atoms with Gasteiger partial charge in [-0.2, -0.15) is 16.7 Å². The van der Waals surface area contributed by atoms with Gasteiger partial charge in [0.1, 0.15) is 0 Å². The molecular weight excluding hydrogens is 282 g/mol. The third-order valence-corrected chi connectivity index (χ3v) is 5.07. The lowest BCUT2D eigenvalue weighted by molar-refractivity contribution is 0.353. The molecule has 1 unspecified atom stereocenters. The van der Waals surface area contributed by atoms with Gasteiger partial charge in [0.2, 0.25) is 5.89 Å². The summed E-state index contributed by atoms with van der Waals surface area (Å²) in [6.07, 6.45) is 0.810. The molecule has 1 fully saturated rings. The molecule has 5 heteroatoms. The number of nitrogens with one attached hydrogen (secondary N) is 1. The van der Waals surface area contributed by atoms with E-state index in [0.717, 1.165) is 30.4 Å². The molecular formula is C16H21N3OS. The fourth-order valence-corrected chi connectivity index (χ4v) is 3.49. The van der Waals surface area contributed by atoms with E-state index in [-0.39, 0.29) is 5.41 Å². The Hall–Kier alpha value is -1.33. The molecule has 1 aliphatic heterocycles. The van der Waals surface area contributed by atoms with Gasteiger partial charge >= 0.3 is 0 Å². The Balaban J connectivity index is 1.74. The van der Waals surface area contributed by atoms with Gasteiger partial charge in [-0.15, -0.1) is 0 Å². The van der Waals surface area contributed by atoms with E-state index in [9.17, 15) is 0 Å². The van der Waals surface area contributed by atoms with Crippen LogP contribution in [0.4, 0.5) is 0 Å². The van der Waals surface area contributed by atoms with Crippen LogP contribution in [-0.4, -0.2) is 34.2 Å². The zero-order valence-corrected chi connectivity index (χ0v) is 13.3. The molecule has 0 amide bonds. The monoisotopic (exact) mass is 303 g/mol. The summed E-state index contributed by atoms with van der Waals surface area (Å²) in [7, 11) is 0. The molecule has 0 radical (unpaired) electrons. The van der Waals surface area contributed by atoms with Crippen molar-refractivity contribution in [3.8, 4) is 0 Å². The SMILES string of the molecule is CC(C)(c1ccccc1)c1noc(CC2CSCCN2)n1. The number of hydrogen-bond donors (Lipinski definition) is 1. The van der Waals surface area contributed by atoms with Gasteiger partial charge < -0.3 is 9.84 Å². The molecule has 0 saturated carbocycles. The molecule has 2 heterocycles. The van der Waals surface area contributed by atoms with Crippen molar-refractivity contribution in [2.24, 2.45) is 0 Å². The van der Waals surface area contributed by atoms with Crippen LogP contribution < -0.4 is 5.32 Å². The Kier molecular flexibility index (Phi) is 4.31. The molecule has 0 spiro atoms. The molecule has 112 valence electrons. The molecule has 1 saturated heterocycles. The highest BCUT2D eigenvalue weighted by Crippen LogP contribution is 2.29. The minimum Gasteiger partial charge on any atom is -0.339 e. The Morgan fingerprint density at radius 1 is 1.33 bits per heavy atom. The maximum atomic E-state index is 5.46. The Labute approximate surface area is 129 Å². The Bertz CT molecular complexity index is 576. The van der Waals surface area contributed by atoms with Gasteiger partial charge in [-0.25, -0.2) is 0 Å². The summed E-state index contributed by atoms with van der Waals surface area (Å²) in [4.78, 5) is 4.63. The highest BCUT2D eigenvalue weighted by atomic mass is 32.2. The molecule has 1 atom stereocenters. The Morgan fingerprint density at radius 3 is 2.86 bits per heavy atom. The number of hydrogen-bond acceptors (Lipinski definition) is 5. The van der Waals surface area contributed by atoms with Crippen molar-refractivity contribution in [2.45, 2.75) is 31.7 Å². The lowest BCUT2D eigenvalue weighted by Gasteiger charge is -2.21. The first-order valence-corrected chi connectivity index (χ1v) is 8.51. The summed E-state index contributed by atoms with van der Waals surface area (Å²) in [5, 5.41) is 7.71. The highest BCUT2D eigenvalue weighted by molar-refractivity contribution is 7.99. The van der Waals surface area contributed by atoms with E-state index in [4.69, 9.17) is 4.52 Å². The predicted octanol–water partition coefficient (Wildman–Crippen LogP) is 2.64. The normalized spacial score (nSPS) is 19.6. The zero-order chi connectivity index (χ0) is 14.7. The molecule has 2 aromatic rings. The third kappa shape index (κ3) is 3.30. The average molecular weight is 303 g/mol. The summed E-state index contributed by atoms with van der Waals surface area (Å²) < 4.78 is 5.46. The summed E-state index contributed by atoms with van der Waals surface area (Å²) >= 11 is 1.98. The van der Waals surface area contributed by atoms with Crippen LogP contribution in [0.25, 0.3) is 0 Å². The van der Waals surface area contributed by atoms with Crippen LogP contribution in [0.2, 0.25) is 0 Å². The zero-order valence-electron chi connectivity index (χ0n) is 12.5. The highest BCUT2D eigenvalue weighted by Gasteiger charge is 2.29. The smallest absolute Gasteiger partial charge is 0.228 e. The average Bonchev–Trinajstić information content (AvgIpc) is 2.98. The van der Waals surface area contributed by atoms with Crippen molar-refractivity contribution in [3.05, 3.63) is 47.6 Å². The molecule has 3 rings (SSSR count). The molecule has 1 aromatic heterocycles. The molecule has 1 N–H and O–H groups in total. The number of benzene rings is 1. The summed E-state index contributed by atoms with van der Waals surface area (Å²) in [6, 6.07) is 10.8. The van der Waals surface area contributed by atoms with E-state index in [1.807, 2.05) is 30.0 Å². The number of nitrogens with zero attached hydrogens (tertiary/aromatic N) is 2. The van der Waals surface area contributed by atoms with Crippen LogP contribution in [0.15, 0.2) is 34.9 Å². The van der Waals surface area contributed by atoms with Gasteiger partial charge in [-0.1, -0.05) is 35.5 Å². The van der Waals surface area contributed by atoms with Crippen LogP contribution in [-0.2, 0) is 11.8 Å². The Morgan fingerprint density at radius 2 is 2.14 bits per heavy atom. The van der Waals surface area contributed by atoms with Gasteiger partial charge in [0.15, 0.2) is 5.82 Å². The first-order chi connectivity index (χ1) is 10.2. The van der Waals surface area contributed by atoms with Crippen molar-refractivity contribution >= 4 is 11.8 Å². The van der Waals surface area contributed by atoms with Crippen LogP contribution in [0, 0.1) is 0 Å². The van der Waals surface area contributed by atoms with Gasteiger partial charge in [-0.3, -0.25) is 0 Å². The van der Waals surface area contributed by atoms with Crippen molar-refractivity contribution < 1.29 is 4.52 Å². The van der Waals surface area contributed by atoms with Crippen molar-refractivity contribution in [2.75, 3.05) is 18.1 Å². The fraction of sp³-hybridized carbons (Fsp3) is 0.500. The van der Waals surface area contributed by atoms with E-state index >= 15 is 0 Å². The molecule has 0 aliphatic carbocycles. The maximum Gasteiger partial charge on any atom is 0.228 e. The van der Waals surface area contributed by atoms with E-state index in [2.05, 4.69) is 41.4 Å². The van der Waals surface area contributed by atoms with Gasteiger partial charge in [0, 0.05) is 30.5 Å². The topological polar surface area (TPSA) is 51.0 Å². The number of rotatable bonds is 4. The van der Waals surface area contributed by atoms with Crippen molar-refractivity contribution in [3.63, 3.8) is 0 Å². The van der Waals surface area contributed by atoms with Crippen molar-refractivity contribution in [1.29, 1.82) is 0 Å².